The third-order valence-corrected chi connectivity index (χ3v) is 5.11. The molecule has 1 aliphatic carbocycles. The molecule has 1 fully saturated rings. The van der Waals surface area contributed by atoms with Crippen LogP contribution in [0.5, 0.6) is 0 Å². The SMILES string of the molecule is CNc1cc(NCC2C(C)(C)C2(C)C)nc(COC)n1. The predicted molar refractivity (Wildman–Crippen MR) is 81.8 cm³/mol. The highest BCUT2D eigenvalue weighted by Crippen LogP contribution is 2.68. The molecule has 0 radical (unpaired) electrons. The summed E-state index contributed by atoms with van der Waals surface area (Å²) in [4.78, 5) is 8.83. The lowest BCUT2D eigenvalue weighted by atomic mass is 10.0. The molecule has 0 aromatic carbocycles. The maximum absolute atomic E-state index is 5.11. The lowest BCUT2D eigenvalue weighted by Crippen LogP contribution is -2.11. The minimum atomic E-state index is 0.383. The predicted octanol–water partition coefficient (Wildman–Crippen LogP) is 2.76. The molecule has 0 saturated heterocycles. The van der Waals surface area contributed by atoms with E-state index < -0.39 is 0 Å². The van der Waals surface area contributed by atoms with Gasteiger partial charge in [-0.2, -0.15) is 0 Å². The molecule has 0 bridgehead atoms. The van der Waals surface area contributed by atoms with Crippen molar-refractivity contribution in [1.82, 2.24) is 9.97 Å². The Kier molecular flexibility index (Phi) is 3.91. The Morgan fingerprint density at radius 2 is 1.75 bits per heavy atom. The molecule has 0 atom stereocenters. The molecule has 5 heteroatoms. The van der Waals surface area contributed by atoms with Crippen molar-refractivity contribution in [3.63, 3.8) is 0 Å². The minimum Gasteiger partial charge on any atom is -0.377 e. The van der Waals surface area contributed by atoms with Crippen molar-refractivity contribution in [2.24, 2.45) is 16.7 Å². The standard InChI is InChI=1S/C15H26N4O/c1-14(2)10(15(14,3)4)8-17-12-7-11(16-5)18-13(19-12)9-20-6/h7,10H,8-9H2,1-6H3,(H2,16,17,18,19). The van der Waals surface area contributed by atoms with Gasteiger partial charge in [0.05, 0.1) is 0 Å². The van der Waals surface area contributed by atoms with Crippen molar-refractivity contribution in [2.45, 2.75) is 34.3 Å². The lowest BCUT2D eigenvalue weighted by molar-refractivity contribution is 0.178. The number of anilines is 2. The van der Waals surface area contributed by atoms with Crippen molar-refractivity contribution < 1.29 is 4.74 Å². The molecule has 0 amide bonds. The molecule has 112 valence electrons. The van der Waals surface area contributed by atoms with Crippen LogP contribution in [0.15, 0.2) is 6.07 Å². The molecule has 1 aliphatic rings. The molecule has 1 aromatic heterocycles. The van der Waals surface area contributed by atoms with Crippen LogP contribution in [-0.4, -0.2) is 30.7 Å². The molecule has 2 N–H and O–H groups in total. The van der Waals surface area contributed by atoms with Gasteiger partial charge in [-0.3, -0.25) is 0 Å². The second-order valence-electron chi connectivity index (χ2n) is 6.61. The molecule has 0 unspecified atom stereocenters. The van der Waals surface area contributed by atoms with Crippen LogP contribution in [0.2, 0.25) is 0 Å². The van der Waals surface area contributed by atoms with Crippen LogP contribution in [0, 0.1) is 16.7 Å². The van der Waals surface area contributed by atoms with E-state index in [2.05, 4.69) is 48.3 Å². The summed E-state index contributed by atoms with van der Waals surface area (Å²) in [6.45, 7) is 10.7. The zero-order chi connectivity index (χ0) is 15.0. The van der Waals surface area contributed by atoms with E-state index in [-0.39, 0.29) is 0 Å². The first-order valence-corrected chi connectivity index (χ1v) is 7.11. The first-order chi connectivity index (χ1) is 9.32. The Balaban J connectivity index is 2.05. The van der Waals surface area contributed by atoms with Crippen molar-refractivity contribution in [3.05, 3.63) is 11.9 Å². The second-order valence-corrected chi connectivity index (χ2v) is 6.61. The molecule has 5 nitrogen and oxygen atoms in total. The fourth-order valence-corrected chi connectivity index (χ4v) is 2.96. The number of nitrogens with zero attached hydrogens (tertiary/aromatic N) is 2. The summed E-state index contributed by atoms with van der Waals surface area (Å²) in [5, 5.41) is 6.50. The Morgan fingerprint density at radius 3 is 2.25 bits per heavy atom. The first kappa shape index (κ1) is 15.0. The number of rotatable bonds is 6. The summed E-state index contributed by atoms with van der Waals surface area (Å²) in [6.07, 6.45) is 0. The summed E-state index contributed by atoms with van der Waals surface area (Å²) in [7, 11) is 3.51. The van der Waals surface area contributed by atoms with Gasteiger partial charge in [-0.15, -0.1) is 0 Å². The summed E-state index contributed by atoms with van der Waals surface area (Å²) in [6, 6.07) is 1.93. The molecule has 2 rings (SSSR count). The number of aromatic nitrogens is 2. The average Bonchev–Trinajstić information content (AvgIpc) is 2.77. The minimum absolute atomic E-state index is 0.383. The van der Waals surface area contributed by atoms with Crippen molar-refractivity contribution in [3.8, 4) is 0 Å². The van der Waals surface area contributed by atoms with Crippen molar-refractivity contribution >= 4 is 11.6 Å². The molecule has 1 heterocycles. The van der Waals surface area contributed by atoms with E-state index in [9.17, 15) is 0 Å². The summed E-state index contributed by atoms with van der Waals surface area (Å²) in [5.74, 6) is 3.02. The van der Waals surface area contributed by atoms with E-state index in [1.165, 1.54) is 0 Å². The molecule has 1 aromatic rings. The highest BCUT2D eigenvalue weighted by molar-refractivity contribution is 5.47. The monoisotopic (exact) mass is 278 g/mol. The van der Waals surface area contributed by atoms with Gasteiger partial charge in [-0.1, -0.05) is 27.7 Å². The van der Waals surface area contributed by atoms with Crippen LogP contribution >= 0.6 is 0 Å². The van der Waals surface area contributed by atoms with Crippen LogP contribution < -0.4 is 10.6 Å². The quantitative estimate of drug-likeness (QED) is 0.838. The van der Waals surface area contributed by atoms with Gasteiger partial charge in [0.15, 0.2) is 5.82 Å². The highest BCUT2D eigenvalue weighted by atomic mass is 16.5. The number of hydrogen-bond acceptors (Lipinski definition) is 5. The molecular formula is C15H26N4O. The fraction of sp³-hybridized carbons (Fsp3) is 0.733. The molecule has 0 aliphatic heterocycles. The van der Waals surface area contributed by atoms with Crippen LogP contribution in [0.1, 0.15) is 33.5 Å². The summed E-state index contributed by atoms with van der Waals surface area (Å²) >= 11 is 0. The van der Waals surface area contributed by atoms with Crippen LogP contribution in [0.25, 0.3) is 0 Å². The zero-order valence-electron chi connectivity index (χ0n) is 13.4. The third-order valence-electron chi connectivity index (χ3n) is 5.11. The first-order valence-electron chi connectivity index (χ1n) is 7.11. The number of ether oxygens (including phenoxy) is 1. The number of hydrogen-bond donors (Lipinski definition) is 2. The molecular weight excluding hydrogens is 252 g/mol. The average molecular weight is 278 g/mol. The van der Waals surface area contributed by atoms with Crippen molar-refractivity contribution in [2.75, 3.05) is 31.3 Å². The Hall–Kier alpha value is -1.36. The van der Waals surface area contributed by atoms with Crippen LogP contribution in [0.3, 0.4) is 0 Å². The van der Waals surface area contributed by atoms with Gasteiger partial charge in [0.25, 0.3) is 0 Å². The Morgan fingerprint density at radius 1 is 1.15 bits per heavy atom. The largest absolute Gasteiger partial charge is 0.377 e. The number of methoxy groups -OCH3 is 1. The van der Waals surface area contributed by atoms with E-state index in [0.29, 0.717) is 29.2 Å². The second kappa shape index (κ2) is 5.20. The van der Waals surface area contributed by atoms with Gasteiger partial charge < -0.3 is 15.4 Å². The van der Waals surface area contributed by atoms with Gasteiger partial charge in [0.2, 0.25) is 0 Å². The topological polar surface area (TPSA) is 59.1 Å². The smallest absolute Gasteiger partial charge is 0.158 e. The zero-order valence-corrected chi connectivity index (χ0v) is 13.4. The van der Waals surface area contributed by atoms with Gasteiger partial charge >= 0.3 is 0 Å². The van der Waals surface area contributed by atoms with Gasteiger partial charge in [0, 0.05) is 26.8 Å². The van der Waals surface area contributed by atoms with E-state index in [1.54, 1.807) is 7.11 Å². The Bertz CT molecular complexity index is 471. The van der Waals surface area contributed by atoms with E-state index in [1.807, 2.05) is 13.1 Å². The van der Waals surface area contributed by atoms with E-state index in [4.69, 9.17) is 4.74 Å². The summed E-state index contributed by atoms with van der Waals surface area (Å²) in [5.41, 5.74) is 0.766. The number of nitrogens with one attached hydrogen (secondary N) is 2. The van der Waals surface area contributed by atoms with Gasteiger partial charge in [-0.05, 0) is 16.7 Å². The van der Waals surface area contributed by atoms with Gasteiger partial charge in [0.1, 0.15) is 18.2 Å². The van der Waals surface area contributed by atoms with Gasteiger partial charge in [-0.25, -0.2) is 9.97 Å². The van der Waals surface area contributed by atoms with E-state index >= 15 is 0 Å². The highest BCUT2D eigenvalue weighted by Gasteiger charge is 2.64. The maximum Gasteiger partial charge on any atom is 0.158 e. The Labute approximate surface area is 121 Å². The maximum atomic E-state index is 5.11. The fourth-order valence-electron chi connectivity index (χ4n) is 2.96. The summed E-state index contributed by atoms with van der Waals surface area (Å²) < 4.78 is 5.11. The third kappa shape index (κ3) is 2.59. The van der Waals surface area contributed by atoms with Crippen LogP contribution in [-0.2, 0) is 11.3 Å². The molecule has 20 heavy (non-hydrogen) atoms. The lowest BCUT2D eigenvalue weighted by Gasteiger charge is -2.10. The van der Waals surface area contributed by atoms with E-state index in [0.717, 1.165) is 18.2 Å². The molecule has 0 spiro atoms. The van der Waals surface area contributed by atoms with Crippen LogP contribution in [0.4, 0.5) is 11.6 Å². The van der Waals surface area contributed by atoms with Crippen molar-refractivity contribution in [1.29, 1.82) is 0 Å². The molecule has 1 saturated carbocycles. The normalized spacial score (nSPS) is 19.7.